The van der Waals surface area contributed by atoms with Crippen molar-refractivity contribution >= 4 is 17.4 Å². The van der Waals surface area contributed by atoms with Crippen molar-refractivity contribution in [2.45, 2.75) is 38.1 Å². The van der Waals surface area contributed by atoms with Gasteiger partial charge in [0.2, 0.25) is 5.88 Å². The molecule has 21 heavy (non-hydrogen) atoms. The van der Waals surface area contributed by atoms with Gasteiger partial charge in [0.15, 0.2) is 5.82 Å². The monoisotopic (exact) mass is 296 g/mol. The zero-order chi connectivity index (χ0) is 15.2. The van der Waals surface area contributed by atoms with Gasteiger partial charge in [0.05, 0.1) is 5.69 Å². The molecule has 0 aromatic carbocycles. The van der Waals surface area contributed by atoms with E-state index in [0.717, 1.165) is 25.7 Å². The molecule has 0 unspecified atom stereocenters. The van der Waals surface area contributed by atoms with Crippen LogP contribution in [0.1, 0.15) is 42.5 Å². The molecule has 5 N–H and O–H groups in total. The minimum absolute atomic E-state index is 0.0210. The molecule has 1 aromatic rings. The van der Waals surface area contributed by atoms with Crippen LogP contribution in [0.3, 0.4) is 0 Å². The van der Waals surface area contributed by atoms with Crippen LogP contribution in [0, 0.1) is 0 Å². The molecule has 1 aliphatic carbocycles. The van der Waals surface area contributed by atoms with Gasteiger partial charge < -0.3 is 21.5 Å². The van der Waals surface area contributed by atoms with Crippen molar-refractivity contribution in [3.8, 4) is 5.88 Å². The predicted octanol–water partition coefficient (Wildman–Crippen LogP) is 1.66. The molecule has 116 valence electrons. The Kier molecular flexibility index (Phi) is 5.19. The molecule has 2 rings (SSSR count). The molecule has 1 aliphatic rings. The topological polar surface area (TPSA) is 103 Å². The highest BCUT2D eigenvalue weighted by Crippen LogP contribution is 2.24. The summed E-state index contributed by atoms with van der Waals surface area (Å²) in [6, 6.07) is 1.58. The zero-order valence-electron chi connectivity index (χ0n) is 11.9. The number of alkyl halides is 1. The number of rotatable bonds is 5. The van der Waals surface area contributed by atoms with Crippen LogP contribution in [0.2, 0.25) is 0 Å². The van der Waals surface area contributed by atoms with E-state index in [1.54, 1.807) is 0 Å². The van der Waals surface area contributed by atoms with Crippen LogP contribution in [0.15, 0.2) is 6.07 Å². The number of hydrogen-bond donors (Lipinski definition) is 3. The van der Waals surface area contributed by atoms with Crippen LogP contribution in [0.25, 0.3) is 0 Å². The molecule has 0 bridgehead atoms. The van der Waals surface area contributed by atoms with Gasteiger partial charge in [-0.3, -0.25) is 4.79 Å². The average Bonchev–Trinajstić information content (AvgIpc) is 2.49. The lowest BCUT2D eigenvalue weighted by atomic mass is 9.95. The average molecular weight is 296 g/mol. The first-order valence-electron chi connectivity index (χ1n) is 7.17. The molecular formula is C14H21FN4O2. The summed E-state index contributed by atoms with van der Waals surface area (Å²) < 4.78 is 17.4. The van der Waals surface area contributed by atoms with E-state index in [9.17, 15) is 9.18 Å². The summed E-state index contributed by atoms with van der Waals surface area (Å²) in [7, 11) is 0. The molecular weight excluding hydrogens is 275 g/mol. The van der Waals surface area contributed by atoms with Crippen LogP contribution >= 0.6 is 0 Å². The quantitative estimate of drug-likeness (QED) is 0.766. The molecule has 0 atom stereocenters. The number of nitrogens with zero attached hydrogens (tertiary/aromatic N) is 1. The van der Waals surface area contributed by atoms with Crippen molar-refractivity contribution < 1.29 is 13.9 Å². The Morgan fingerprint density at radius 1 is 1.38 bits per heavy atom. The fraction of sp³-hybridized carbons (Fsp3) is 0.571. The Balaban J connectivity index is 2.15. The van der Waals surface area contributed by atoms with E-state index >= 15 is 0 Å². The number of amides is 1. The van der Waals surface area contributed by atoms with E-state index in [4.69, 9.17) is 16.2 Å². The predicted molar refractivity (Wildman–Crippen MR) is 78.9 cm³/mol. The first-order chi connectivity index (χ1) is 10.1. The first-order valence-corrected chi connectivity index (χ1v) is 7.17. The number of carbonyl (C=O) groups excluding carboxylic acids is 1. The van der Waals surface area contributed by atoms with Crippen LogP contribution in [-0.4, -0.2) is 30.2 Å². The summed E-state index contributed by atoms with van der Waals surface area (Å²) in [6.07, 6.45) is 5.35. The second-order valence-electron chi connectivity index (χ2n) is 5.16. The number of nitrogens with one attached hydrogen (secondary N) is 1. The Morgan fingerprint density at radius 3 is 2.76 bits per heavy atom. The molecule has 1 heterocycles. The Bertz CT molecular complexity index is 504. The van der Waals surface area contributed by atoms with Crippen LogP contribution in [0.5, 0.6) is 5.88 Å². The van der Waals surface area contributed by atoms with Crippen molar-refractivity contribution in [1.29, 1.82) is 0 Å². The number of anilines is 2. The summed E-state index contributed by atoms with van der Waals surface area (Å²) in [5.74, 6) is -0.222. The van der Waals surface area contributed by atoms with Crippen LogP contribution in [0.4, 0.5) is 15.9 Å². The van der Waals surface area contributed by atoms with Crippen molar-refractivity contribution in [1.82, 2.24) is 10.3 Å². The molecule has 1 saturated carbocycles. The normalized spacial score (nSPS) is 15.7. The maximum Gasteiger partial charge on any atom is 0.257 e. The highest BCUT2D eigenvalue weighted by atomic mass is 19.1. The molecule has 0 aliphatic heterocycles. The summed E-state index contributed by atoms with van der Waals surface area (Å²) in [5, 5.41) is 2.95. The summed E-state index contributed by atoms with van der Waals surface area (Å²) in [4.78, 5) is 16.3. The van der Waals surface area contributed by atoms with Gasteiger partial charge in [0.1, 0.15) is 18.8 Å². The SMILES string of the molecule is Nc1cc(C(=O)NC2CCCCC2)c(OCCF)nc1N. The Morgan fingerprint density at radius 2 is 2.10 bits per heavy atom. The standard InChI is InChI=1S/C14H21FN4O2/c15-6-7-21-14-10(8-11(16)12(17)19-14)13(20)18-9-4-2-1-3-5-9/h8-9H,1-7,16H2,(H2,17,19)(H,18,20). The Labute approximate surface area is 123 Å². The fourth-order valence-electron chi connectivity index (χ4n) is 2.44. The van der Waals surface area contributed by atoms with Gasteiger partial charge in [0, 0.05) is 6.04 Å². The minimum Gasteiger partial charge on any atom is -0.474 e. The number of aromatic nitrogens is 1. The number of nitrogen functional groups attached to an aromatic ring is 2. The van der Waals surface area contributed by atoms with Crippen LogP contribution in [-0.2, 0) is 0 Å². The van der Waals surface area contributed by atoms with Crippen molar-refractivity contribution in [2.24, 2.45) is 0 Å². The van der Waals surface area contributed by atoms with E-state index in [1.165, 1.54) is 12.5 Å². The van der Waals surface area contributed by atoms with Gasteiger partial charge in [-0.05, 0) is 18.9 Å². The number of pyridine rings is 1. The van der Waals surface area contributed by atoms with E-state index in [2.05, 4.69) is 10.3 Å². The lowest BCUT2D eigenvalue weighted by Gasteiger charge is -2.23. The minimum atomic E-state index is -0.671. The van der Waals surface area contributed by atoms with Gasteiger partial charge >= 0.3 is 0 Å². The Hall–Kier alpha value is -2.05. The first kappa shape index (κ1) is 15.3. The zero-order valence-corrected chi connectivity index (χ0v) is 11.9. The largest absolute Gasteiger partial charge is 0.474 e. The second-order valence-corrected chi connectivity index (χ2v) is 5.16. The van der Waals surface area contributed by atoms with Crippen LogP contribution < -0.4 is 21.5 Å². The van der Waals surface area contributed by atoms with Gasteiger partial charge in [-0.2, -0.15) is 4.98 Å². The van der Waals surface area contributed by atoms with Gasteiger partial charge in [-0.15, -0.1) is 0 Å². The third kappa shape index (κ3) is 3.96. The van der Waals surface area contributed by atoms with Crippen molar-refractivity contribution in [2.75, 3.05) is 24.7 Å². The maximum absolute atomic E-state index is 12.3. The highest BCUT2D eigenvalue weighted by Gasteiger charge is 2.21. The number of hydrogen-bond acceptors (Lipinski definition) is 5. The summed E-state index contributed by atoms with van der Waals surface area (Å²) >= 11 is 0. The van der Waals surface area contributed by atoms with Gasteiger partial charge in [-0.1, -0.05) is 19.3 Å². The molecule has 7 heteroatoms. The fourth-order valence-corrected chi connectivity index (χ4v) is 2.44. The molecule has 0 saturated heterocycles. The molecule has 1 amide bonds. The smallest absolute Gasteiger partial charge is 0.257 e. The molecule has 1 fully saturated rings. The van der Waals surface area contributed by atoms with E-state index in [0.29, 0.717) is 0 Å². The summed E-state index contributed by atoms with van der Waals surface area (Å²) in [5.41, 5.74) is 11.7. The lowest BCUT2D eigenvalue weighted by Crippen LogP contribution is -2.36. The molecule has 0 spiro atoms. The van der Waals surface area contributed by atoms with E-state index in [1.807, 2.05) is 0 Å². The molecule has 1 aromatic heterocycles. The third-order valence-corrected chi connectivity index (χ3v) is 3.55. The number of ether oxygens (including phenoxy) is 1. The second kappa shape index (κ2) is 7.10. The number of nitrogens with two attached hydrogens (primary N) is 2. The highest BCUT2D eigenvalue weighted by molar-refractivity contribution is 5.98. The third-order valence-electron chi connectivity index (χ3n) is 3.55. The lowest BCUT2D eigenvalue weighted by molar-refractivity contribution is 0.0922. The summed E-state index contributed by atoms with van der Waals surface area (Å²) in [6.45, 7) is -0.851. The van der Waals surface area contributed by atoms with Crippen molar-refractivity contribution in [3.05, 3.63) is 11.6 Å². The number of halogens is 1. The number of carbonyl (C=O) groups is 1. The van der Waals surface area contributed by atoms with Gasteiger partial charge in [-0.25, -0.2) is 4.39 Å². The van der Waals surface area contributed by atoms with Crippen molar-refractivity contribution in [3.63, 3.8) is 0 Å². The maximum atomic E-state index is 12.3. The van der Waals surface area contributed by atoms with E-state index in [-0.39, 0.29) is 41.5 Å². The van der Waals surface area contributed by atoms with Gasteiger partial charge in [0.25, 0.3) is 5.91 Å². The molecule has 6 nitrogen and oxygen atoms in total. The molecule has 0 radical (unpaired) electrons. The van der Waals surface area contributed by atoms with E-state index < -0.39 is 6.67 Å².